The van der Waals surface area contributed by atoms with Crippen LogP contribution in [0.5, 0.6) is 0 Å². The maximum Gasteiger partial charge on any atom is 0.124 e. The highest BCUT2D eigenvalue weighted by Gasteiger charge is 2.42. The predicted molar refractivity (Wildman–Crippen MR) is 158 cm³/mol. The van der Waals surface area contributed by atoms with Crippen molar-refractivity contribution in [2.75, 3.05) is 0 Å². The summed E-state index contributed by atoms with van der Waals surface area (Å²) in [6, 6.07) is 24.6. The number of hydrogen-bond donors (Lipinski definition) is 0. The van der Waals surface area contributed by atoms with E-state index in [2.05, 4.69) is 103 Å². The van der Waals surface area contributed by atoms with E-state index >= 15 is 0 Å². The van der Waals surface area contributed by atoms with Crippen molar-refractivity contribution in [1.82, 2.24) is 9.55 Å². The Kier molecular flexibility index (Phi) is 5.40. The lowest BCUT2D eigenvalue weighted by Crippen LogP contribution is -2.37. The molecule has 0 radical (unpaired) electrons. The summed E-state index contributed by atoms with van der Waals surface area (Å²) < 4.78 is 9.00. The smallest absolute Gasteiger partial charge is 0.124 e. The molecule has 3 atom stereocenters. The Morgan fingerprint density at radius 3 is 2.54 bits per heavy atom. The standard InChI is InChI=1S/C36H34N2O/c1-23-10-9-14-28-34(23)29(22-30-27-13-5-8-17-33(27)39-35(28)30)24-18-20-26(21-19-24)38-32-16-7-6-15-31(32)37-36(38)25-11-3-2-4-12-25/h5-10,13-21,25,27,30,33H,2-4,11-12,22H2,1H3. The van der Waals surface area contributed by atoms with Gasteiger partial charge in [0, 0.05) is 28.7 Å². The average molecular weight is 511 g/mol. The Hall–Kier alpha value is -3.85. The number of aryl methyl sites for hydroxylation is 1. The SMILES string of the molecule is Cc1cccc2c1=C(c1ccc(-n3c(C4CCCCC4)nc4ccccc43)cc1)CC1C=2OC2C=CC=CC21. The van der Waals surface area contributed by atoms with Crippen LogP contribution in [0.1, 0.15) is 61.4 Å². The van der Waals surface area contributed by atoms with Gasteiger partial charge in [0.15, 0.2) is 0 Å². The minimum absolute atomic E-state index is 0.151. The fourth-order valence-electron chi connectivity index (χ4n) is 7.61. The van der Waals surface area contributed by atoms with Crippen molar-refractivity contribution < 1.29 is 4.74 Å². The molecule has 0 amide bonds. The molecular formula is C36H34N2O. The van der Waals surface area contributed by atoms with E-state index in [4.69, 9.17) is 9.72 Å². The molecule has 8 rings (SSSR count). The Morgan fingerprint density at radius 1 is 0.846 bits per heavy atom. The summed E-state index contributed by atoms with van der Waals surface area (Å²) in [6.07, 6.45) is 16.5. The van der Waals surface area contributed by atoms with Gasteiger partial charge in [-0.2, -0.15) is 0 Å². The van der Waals surface area contributed by atoms with Crippen molar-refractivity contribution in [1.29, 1.82) is 0 Å². The molecule has 1 saturated carbocycles. The fraction of sp³-hybridized carbons (Fsp3) is 0.306. The molecule has 1 aliphatic heterocycles. The third-order valence-corrected chi connectivity index (χ3v) is 9.48. The van der Waals surface area contributed by atoms with Crippen LogP contribution >= 0.6 is 0 Å². The number of fused-ring (bicyclic) bond motifs is 5. The molecule has 0 spiro atoms. The molecule has 3 aromatic carbocycles. The van der Waals surface area contributed by atoms with E-state index in [1.165, 1.54) is 82.0 Å². The average Bonchev–Trinajstić information content (AvgIpc) is 3.57. The van der Waals surface area contributed by atoms with Crippen LogP contribution in [-0.4, -0.2) is 15.7 Å². The van der Waals surface area contributed by atoms with Crippen LogP contribution in [0.25, 0.3) is 28.1 Å². The summed E-state index contributed by atoms with van der Waals surface area (Å²) in [5.74, 6) is 3.75. The maximum absolute atomic E-state index is 6.57. The van der Waals surface area contributed by atoms with Gasteiger partial charge in [0.2, 0.25) is 0 Å². The molecule has 0 N–H and O–H groups in total. The lowest BCUT2D eigenvalue weighted by atomic mass is 9.77. The lowest BCUT2D eigenvalue weighted by Gasteiger charge is -2.24. The van der Waals surface area contributed by atoms with Gasteiger partial charge in [-0.3, -0.25) is 4.57 Å². The highest BCUT2D eigenvalue weighted by atomic mass is 16.5. The summed E-state index contributed by atoms with van der Waals surface area (Å²) in [5, 5.41) is 2.64. The first kappa shape index (κ1) is 23.1. The molecule has 3 heteroatoms. The van der Waals surface area contributed by atoms with Crippen LogP contribution < -0.4 is 10.4 Å². The first-order chi connectivity index (χ1) is 19.3. The first-order valence-electron chi connectivity index (χ1n) is 14.7. The molecule has 39 heavy (non-hydrogen) atoms. The van der Waals surface area contributed by atoms with Crippen molar-refractivity contribution in [3.05, 3.63) is 118 Å². The van der Waals surface area contributed by atoms with Crippen molar-refractivity contribution in [3.8, 4) is 5.69 Å². The molecule has 2 heterocycles. The number of rotatable bonds is 3. The third-order valence-electron chi connectivity index (χ3n) is 9.48. The first-order valence-corrected chi connectivity index (χ1v) is 14.7. The van der Waals surface area contributed by atoms with Gasteiger partial charge in [0.05, 0.1) is 11.0 Å². The maximum atomic E-state index is 6.57. The van der Waals surface area contributed by atoms with E-state index in [0.29, 0.717) is 17.8 Å². The zero-order valence-electron chi connectivity index (χ0n) is 22.5. The second kappa shape index (κ2) is 9.12. The number of ether oxygens (including phenoxy) is 1. The summed E-state index contributed by atoms with van der Waals surface area (Å²) in [7, 11) is 0. The second-order valence-electron chi connectivity index (χ2n) is 11.8. The summed E-state index contributed by atoms with van der Waals surface area (Å²) in [5.41, 5.74) is 7.60. The number of nitrogens with zero attached hydrogens (tertiary/aromatic N) is 2. The van der Waals surface area contributed by atoms with Crippen LogP contribution in [-0.2, 0) is 4.74 Å². The predicted octanol–water partition coefficient (Wildman–Crippen LogP) is 6.85. The molecule has 2 fully saturated rings. The normalized spacial score (nSPS) is 24.0. The summed E-state index contributed by atoms with van der Waals surface area (Å²) in [4.78, 5) is 5.17. The molecule has 3 unspecified atom stereocenters. The monoisotopic (exact) mass is 510 g/mol. The van der Waals surface area contributed by atoms with Crippen LogP contribution in [0.15, 0.2) is 91.0 Å². The van der Waals surface area contributed by atoms with E-state index in [1.807, 2.05) is 0 Å². The number of benzene rings is 3. The minimum atomic E-state index is 0.151. The van der Waals surface area contributed by atoms with Crippen LogP contribution in [0, 0.1) is 18.8 Å². The number of para-hydroxylation sites is 2. The van der Waals surface area contributed by atoms with Crippen LogP contribution in [0.3, 0.4) is 0 Å². The summed E-state index contributed by atoms with van der Waals surface area (Å²) >= 11 is 0. The Balaban J connectivity index is 1.26. The molecule has 3 nitrogen and oxygen atoms in total. The lowest BCUT2D eigenvalue weighted by molar-refractivity contribution is 0.220. The van der Waals surface area contributed by atoms with Gasteiger partial charge in [-0.05, 0) is 78.4 Å². The molecule has 1 aromatic heterocycles. The van der Waals surface area contributed by atoms with Gasteiger partial charge >= 0.3 is 0 Å². The van der Waals surface area contributed by atoms with Gasteiger partial charge in [-0.1, -0.05) is 80.0 Å². The summed E-state index contributed by atoms with van der Waals surface area (Å²) in [6.45, 7) is 2.24. The van der Waals surface area contributed by atoms with E-state index in [-0.39, 0.29) is 6.10 Å². The van der Waals surface area contributed by atoms with Crippen molar-refractivity contribution >= 4 is 22.4 Å². The highest BCUT2D eigenvalue weighted by Crippen LogP contribution is 2.44. The largest absolute Gasteiger partial charge is 0.489 e. The number of hydrogen-bond acceptors (Lipinski definition) is 2. The van der Waals surface area contributed by atoms with E-state index in [1.54, 1.807) is 0 Å². The Bertz CT molecular complexity index is 1770. The highest BCUT2D eigenvalue weighted by molar-refractivity contribution is 5.79. The van der Waals surface area contributed by atoms with Gasteiger partial charge < -0.3 is 4.74 Å². The van der Waals surface area contributed by atoms with Crippen LogP contribution in [0.2, 0.25) is 0 Å². The topological polar surface area (TPSA) is 27.1 Å². The number of imidazole rings is 1. The van der Waals surface area contributed by atoms with E-state index < -0.39 is 0 Å². The molecule has 194 valence electrons. The van der Waals surface area contributed by atoms with Crippen molar-refractivity contribution in [2.24, 2.45) is 11.8 Å². The van der Waals surface area contributed by atoms with E-state index in [0.717, 1.165) is 11.9 Å². The quantitative estimate of drug-likeness (QED) is 0.301. The van der Waals surface area contributed by atoms with Gasteiger partial charge in [-0.25, -0.2) is 4.98 Å². The molecule has 3 aliphatic carbocycles. The van der Waals surface area contributed by atoms with Crippen molar-refractivity contribution in [2.45, 2.75) is 57.5 Å². The van der Waals surface area contributed by atoms with Gasteiger partial charge in [0.25, 0.3) is 0 Å². The van der Waals surface area contributed by atoms with Gasteiger partial charge in [-0.15, -0.1) is 0 Å². The molecule has 1 saturated heterocycles. The number of aromatic nitrogens is 2. The van der Waals surface area contributed by atoms with Gasteiger partial charge in [0.1, 0.15) is 17.7 Å². The molecular weight excluding hydrogens is 476 g/mol. The zero-order valence-corrected chi connectivity index (χ0v) is 22.5. The van der Waals surface area contributed by atoms with Crippen molar-refractivity contribution in [3.63, 3.8) is 0 Å². The molecule has 0 bridgehead atoms. The minimum Gasteiger partial charge on any atom is -0.489 e. The molecule has 4 aromatic rings. The third kappa shape index (κ3) is 3.66. The molecule has 4 aliphatic rings. The Morgan fingerprint density at radius 2 is 1.67 bits per heavy atom. The fourth-order valence-corrected chi connectivity index (χ4v) is 7.61. The second-order valence-corrected chi connectivity index (χ2v) is 11.8. The Labute approximate surface area is 229 Å². The zero-order chi connectivity index (χ0) is 25.9. The van der Waals surface area contributed by atoms with E-state index in [9.17, 15) is 0 Å². The number of allylic oxidation sites excluding steroid dienone is 2. The van der Waals surface area contributed by atoms with Crippen LogP contribution in [0.4, 0.5) is 0 Å².